The number of hydrogen-bond acceptors (Lipinski definition) is 5. The lowest BCUT2D eigenvalue weighted by Gasteiger charge is -2.15. The lowest BCUT2D eigenvalue weighted by molar-refractivity contribution is -0.140. The van der Waals surface area contributed by atoms with Gasteiger partial charge in [-0.2, -0.15) is 0 Å². The highest BCUT2D eigenvalue weighted by atomic mass is 16.5. The number of pyridine rings is 1. The fourth-order valence-electron chi connectivity index (χ4n) is 1.39. The van der Waals surface area contributed by atoms with Gasteiger partial charge in [-0.25, -0.2) is 4.98 Å². The van der Waals surface area contributed by atoms with E-state index in [2.05, 4.69) is 21.6 Å². The number of rotatable bonds is 4. The van der Waals surface area contributed by atoms with E-state index in [1.807, 2.05) is 0 Å². The van der Waals surface area contributed by atoms with Crippen molar-refractivity contribution < 1.29 is 19.4 Å². The van der Waals surface area contributed by atoms with Gasteiger partial charge >= 0.3 is 5.97 Å². The van der Waals surface area contributed by atoms with E-state index in [4.69, 9.17) is 5.11 Å². The van der Waals surface area contributed by atoms with E-state index < -0.39 is 0 Å². The molecular weight excluding hydrogens is 260 g/mol. The second kappa shape index (κ2) is 7.92. The zero-order valence-electron chi connectivity index (χ0n) is 11.4. The molecule has 6 nitrogen and oxygen atoms in total. The van der Waals surface area contributed by atoms with Gasteiger partial charge in [0.05, 0.1) is 13.5 Å². The summed E-state index contributed by atoms with van der Waals surface area (Å²) in [5, 5.41) is 8.57. The van der Waals surface area contributed by atoms with E-state index in [0.29, 0.717) is 5.56 Å². The second-order valence-electron chi connectivity index (χ2n) is 3.94. The van der Waals surface area contributed by atoms with Crippen molar-refractivity contribution in [1.29, 1.82) is 0 Å². The number of carbonyl (C=O) groups excluding carboxylic acids is 2. The Morgan fingerprint density at radius 1 is 1.45 bits per heavy atom. The van der Waals surface area contributed by atoms with Crippen LogP contribution in [-0.2, 0) is 9.53 Å². The first-order valence-electron chi connectivity index (χ1n) is 5.96. The van der Waals surface area contributed by atoms with Crippen molar-refractivity contribution in [2.45, 2.75) is 6.42 Å². The summed E-state index contributed by atoms with van der Waals surface area (Å²) in [5.41, 5.74) is 0.889. The average molecular weight is 276 g/mol. The molecule has 0 saturated carbocycles. The molecule has 0 unspecified atom stereocenters. The number of ether oxygens (including phenoxy) is 1. The minimum absolute atomic E-state index is 0.138. The minimum Gasteiger partial charge on any atom is -0.469 e. The quantitative estimate of drug-likeness (QED) is 0.621. The van der Waals surface area contributed by atoms with Crippen LogP contribution in [-0.4, -0.2) is 54.2 Å². The molecule has 0 aliphatic carbocycles. The predicted molar refractivity (Wildman–Crippen MR) is 71.8 cm³/mol. The summed E-state index contributed by atoms with van der Waals surface area (Å²) in [6.45, 7) is 0.0379. The summed E-state index contributed by atoms with van der Waals surface area (Å²) in [6, 6.07) is 3.20. The predicted octanol–water partition coefficient (Wildman–Crippen LogP) is 0.0605. The Bertz CT molecular complexity index is 528. The lowest BCUT2D eigenvalue weighted by atomic mass is 10.2. The second-order valence-corrected chi connectivity index (χ2v) is 3.94. The van der Waals surface area contributed by atoms with Gasteiger partial charge in [-0.1, -0.05) is 11.8 Å². The maximum atomic E-state index is 12.0. The van der Waals surface area contributed by atoms with Crippen LogP contribution in [0.5, 0.6) is 0 Å². The highest BCUT2D eigenvalue weighted by Gasteiger charge is 2.14. The molecule has 0 atom stereocenters. The van der Waals surface area contributed by atoms with Crippen molar-refractivity contribution in [2.75, 3.05) is 27.3 Å². The fourth-order valence-corrected chi connectivity index (χ4v) is 1.39. The third kappa shape index (κ3) is 4.71. The molecule has 1 heterocycles. The summed E-state index contributed by atoms with van der Waals surface area (Å²) in [7, 11) is 2.89. The monoisotopic (exact) mass is 276 g/mol. The third-order valence-electron chi connectivity index (χ3n) is 2.52. The molecule has 0 saturated heterocycles. The normalized spacial score (nSPS) is 9.35. The van der Waals surface area contributed by atoms with Crippen LogP contribution in [0.25, 0.3) is 0 Å². The largest absolute Gasteiger partial charge is 0.469 e. The zero-order chi connectivity index (χ0) is 15.0. The van der Waals surface area contributed by atoms with Crippen molar-refractivity contribution >= 4 is 11.9 Å². The van der Waals surface area contributed by atoms with Crippen LogP contribution in [0, 0.1) is 11.8 Å². The molecule has 0 aliphatic heterocycles. The average Bonchev–Trinajstić information content (AvgIpc) is 2.49. The lowest BCUT2D eigenvalue weighted by Crippen LogP contribution is -2.29. The molecular formula is C14H16N2O4. The Labute approximate surface area is 117 Å². The van der Waals surface area contributed by atoms with E-state index in [-0.39, 0.29) is 37.1 Å². The van der Waals surface area contributed by atoms with Gasteiger partial charge in [0.1, 0.15) is 12.3 Å². The Kier molecular flexibility index (Phi) is 6.20. The molecule has 1 amide bonds. The van der Waals surface area contributed by atoms with E-state index in [1.54, 1.807) is 19.2 Å². The molecule has 1 N–H and O–H groups in total. The number of aromatic nitrogens is 1. The Morgan fingerprint density at radius 2 is 2.20 bits per heavy atom. The molecule has 0 fully saturated rings. The molecule has 6 heteroatoms. The molecule has 1 aromatic heterocycles. The van der Waals surface area contributed by atoms with Crippen LogP contribution >= 0.6 is 0 Å². The molecule has 1 aromatic rings. The van der Waals surface area contributed by atoms with Crippen molar-refractivity contribution in [1.82, 2.24) is 9.88 Å². The van der Waals surface area contributed by atoms with Crippen LogP contribution < -0.4 is 0 Å². The number of hydrogen-bond donors (Lipinski definition) is 1. The van der Waals surface area contributed by atoms with Gasteiger partial charge in [-0.05, 0) is 12.1 Å². The maximum Gasteiger partial charge on any atom is 0.307 e. The van der Waals surface area contributed by atoms with Crippen LogP contribution in [0.15, 0.2) is 18.3 Å². The van der Waals surface area contributed by atoms with Gasteiger partial charge in [-0.3, -0.25) is 9.59 Å². The number of amides is 1. The smallest absolute Gasteiger partial charge is 0.307 e. The number of carbonyl (C=O) groups is 2. The summed E-state index contributed by atoms with van der Waals surface area (Å²) in [6.07, 6.45) is 1.60. The summed E-state index contributed by atoms with van der Waals surface area (Å²) in [5.74, 6) is 4.53. The first-order valence-corrected chi connectivity index (χ1v) is 5.96. The maximum absolute atomic E-state index is 12.0. The van der Waals surface area contributed by atoms with E-state index in [0.717, 1.165) is 0 Å². The van der Waals surface area contributed by atoms with E-state index in [9.17, 15) is 9.59 Å². The molecule has 1 rings (SSSR count). The van der Waals surface area contributed by atoms with Crippen molar-refractivity contribution in [3.8, 4) is 11.8 Å². The van der Waals surface area contributed by atoms with Gasteiger partial charge < -0.3 is 14.7 Å². The van der Waals surface area contributed by atoms with Crippen LogP contribution in [0.1, 0.15) is 22.5 Å². The first-order chi connectivity index (χ1) is 9.58. The third-order valence-corrected chi connectivity index (χ3v) is 2.52. The van der Waals surface area contributed by atoms with Gasteiger partial charge in [0.2, 0.25) is 0 Å². The van der Waals surface area contributed by atoms with Crippen LogP contribution in [0.2, 0.25) is 0 Å². The van der Waals surface area contributed by atoms with Gasteiger partial charge in [0, 0.05) is 25.4 Å². The highest BCUT2D eigenvalue weighted by molar-refractivity contribution is 5.92. The van der Waals surface area contributed by atoms with Crippen LogP contribution in [0.4, 0.5) is 0 Å². The molecule has 0 aliphatic rings. The van der Waals surface area contributed by atoms with E-state index in [1.165, 1.54) is 18.2 Å². The molecule has 0 bridgehead atoms. The molecule has 106 valence electrons. The SMILES string of the molecule is COC(=O)CCN(C)C(=O)c1ccc(C#CCO)cn1. The number of aliphatic hydroxyl groups is 1. The van der Waals surface area contributed by atoms with Crippen molar-refractivity contribution in [3.05, 3.63) is 29.6 Å². The summed E-state index contributed by atoms with van der Waals surface area (Å²) in [4.78, 5) is 28.4. The fraction of sp³-hybridized carbons (Fsp3) is 0.357. The number of esters is 1. The standard InChI is InChI=1S/C14H16N2O4/c1-16(8-7-13(18)20-2)14(19)12-6-5-11(10-15-12)4-3-9-17/h5-6,10,17H,7-9H2,1-2H3. The zero-order valence-corrected chi connectivity index (χ0v) is 11.4. The number of methoxy groups -OCH3 is 1. The first kappa shape index (κ1) is 15.7. The highest BCUT2D eigenvalue weighted by Crippen LogP contribution is 2.03. The van der Waals surface area contributed by atoms with Gasteiger partial charge in [0.25, 0.3) is 5.91 Å². The van der Waals surface area contributed by atoms with Crippen molar-refractivity contribution in [2.24, 2.45) is 0 Å². The molecule has 0 radical (unpaired) electrons. The summed E-state index contributed by atoms with van der Waals surface area (Å²) >= 11 is 0. The number of nitrogens with zero attached hydrogens (tertiary/aromatic N) is 2. The van der Waals surface area contributed by atoms with Crippen molar-refractivity contribution in [3.63, 3.8) is 0 Å². The number of aliphatic hydroxyl groups excluding tert-OH is 1. The minimum atomic E-state index is -0.368. The Morgan fingerprint density at radius 3 is 2.75 bits per heavy atom. The Hall–Kier alpha value is -2.39. The van der Waals surface area contributed by atoms with Gasteiger partial charge in [0.15, 0.2) is 0 Å². The van der Waals surface area contributed by atoms with E-state index >= 15 is 0 Å². The molecule has 0 aromatic carbocycles. The molecule has 0 spiro atoms. The van der Waals surface area contributed by atoms with Gasteiger partial charge in [-0.15, -0.1) is 0 Å². The Balaban J connectivity index is 2.65. The topological polar surface area (TPSA) is 79.7 Å². The summed E-state index contributed by atoms with van der Waals surface area (Å²) < 4.78 is 4.51. The van der Waals surface area contributed by atoms with Crippen LogP contribution in [0.3, 0.4) is 0 Å². The molecule has 20 heavy (non-hydrogen) atoms.